The Balaban J connectivity index is 2.65. The fourth-order valence-electron chi connectivity index (χ4n) is 0.664. The Labute approximate surface area is 69.6 Å². The summed E-state index contributed by atoms with van der Waals surface area (Å²) in [5.41, 5.74) is 0. The average Bonchev–Trinajstić information content (AvgIpc) is 1.97. The normalized spacial score (nSPS) is 10.2. The molecule has 10 heavy (non-hydrogen) atoms. The molecular weight excluding hydrogens is 144 g/mol. The first-order valence-electron chi connectivity index (χ1n) is 4.10. The molecule has 0 spiro atoms. The summed E-state index contributed by atoms with van der Waals surface area (Å²) < 4.78 is 5.34. The fraction of sp³-hybridized carbons (Fsp3) is 1.00. The monoisotopic (exact) mass is 162 g/mol. The molecule has 0 saturated heterocycles. The number of unbranched alkanes of at least 4 members (excludes halogenated alkanes) is 2. The maximum atomic E-state index is 5.34. The van der Waals surface area contributed by atoms with Gasteiger partial charge in [-0.1, -0.05) is 13.3 Å². The molecule has 0 bridgehead atoms. The molecule has 0 aliphatic rings. The molecule has 0 aliphatic heterocycles. The Morgan fingerprint density at radius 3 is 2.40 bits per heavy atom. The van der Waals surface area contributed by atoms with E-state index in [0.717, 1.165) is 25.4 Å². The predicted octanol–water partition coefficient (Wildman–Crippen LogP) is 2.51. The van der Waals surface area contributed by atoms with Crippen LogP contribution in [0.5, 0.6) is 0 Å². The largest absolute Gasteiger partial charge is 0.381 e. The average molecular weight is 162 g/mol. The molecule has 2 heteroatoms. The number of thiol groups is 1. The number of hydrogen-bond acceptors (Lipinski definition) is 2. The van der Waals surface area contributed by atoms with E-state index in [4.69, 9.17) is 4.74 Å². The molecule has 0 fully saturated rings. The van der Waals surface area contributed by atoms with Gasteiger partial charge in [0.05, 0.1) is 0 Å². The molecule has 0 aromatic carbocycles. The van der Waals surface area contributed by atoms with Crippen molar-refractivity contribution in [2.24, 2.45) is 0 Å². The van der Waals surface area contributed by atoms with E-state index in [1.54, 1.807) is 0 Å². The van der Waals surface area contributed by atoms with Crippen LogP contribution < -0.4 is 0 Å². The zero-order valence-electron chi connectivity index (χ0n) is 6.81. The van der Waals surface area contributed by atoms with Gasteiger partial charge < -0.3 is 4.74 Å². The maximum absolute atomic E-state index is 5.34. The fourth-order valence-corrected chi connectivity index (χ4v) is 0.888. The van der Waals surface area contributed by atoms with E-state index in [0.29, 0.717) is 0 Å². The maximum Gasteiger partial charge on any atom is 0.0466 e. The summed E-state index contributed by atoms with van der Waals surface area (Å²) in [5, 5.41) is 0. The van der Waals surface area contributed by atoms with Gasteiger partial charge in [-0.15, -0.1) is 0 Å². The third kappa shape index (κ3) is 8.31. The van der Waals surface area contributed by atoms with E-state index < -0.39 is 0 Å². The lowest BCUT2D eigenvalue weighted by molar-refractivity contribution is 0.128. The highest BCUT2D eigenvalue weighted by molar-refractivity contribution is 7.80. The molecule has 0 aromatic heterocycles. The van der Waals surface area contributed by atoms with Gasteiger partial charge in [-0.25, -0.2) is 0 Å². The number of rotatable bonds is 7. The minimum Gasteiger partial charge on any atom is -0.381 e. The summed E-state index contributed by atoms with van der Waals surface area (Å²) in [4.78, 5) is 0. The van der Waals surface area contributed by atoms with Crippen molar-refractivity contribution in [3.63, 3.8) is 0 Å². The first-order chi connectivity index (χ1) is 4.91. The molecule has 0 saturated carbocycles. The Bertz CT molecular complexity index is 49.2. The Morgan fingerprint density at radius 1 is 1.10 bits per heavy atom. The first kappa shape index (κ1) is 10.3. The molecule has 0 N–H and O–H groups in total. The van der Waals surface area contributed by atoms with E-state index in [1.165, 1.54) is 19.3 Å². The van der Waals surface area contributed by atoms with Crippen LogP contribution in [-0.4, -0.2) is 19.0 Å². The van der Waals surface area contributed by atoms with Crippen LogP contribution in [0.4, 0.5) is 0 Å². The van der Waals surface area contributed by atoms with Crippen molar-refractivity contribution in [3.8, 4) is 0 Å². The molecule has 0 aromatic rings. The second-order valence-electron chi connectivity index (χ2n) is 2.40. The van der Waals surface area contributed by atoms with Gasteiger partial charge in [-0.2, -0.15) is 12.6 Å². The standard InChI is InChI=1S/C8H18OS/c1-2-3-6-9-7-4-5-8-10/h10H,2-8H2,1H3. The molecule has 0 amide bonds. The van der Waals surface area contributed by atoms with Crippen molar-refractivity contribution in [1.82, 2.24) is 0 Å². The van der Waals surface area contributed by atoms with Crippen LogP contribution in [0, 0.1) is 0 Å². The lowest BCUT2D eigenvalue weighted by Crippen LogP contribution is -1.96. The van der Waals surface area contributed by atoms with E-state index >= 15 is 0 Å². The molecule has 62 valence electrons. The Kier molecular flexibility index (Phi) is 9.60. The first-order valence-corrected chi connectivity index (χ1v) is 4.73. The Hall–Kier alpha value is 0.310. The molecule has 0 atom stereocenters. The predicted molar refractivity (Wildman–Crippen MR) is 48.8 cm³/mol. The smallest absolute Gasteiger partial charge is 0.0466 e. The van der Waals surface area contributed by atoms with Crippen LogP contribution in [0.1, 0.15) is 32.6 Å². The van der Waals surface area contributed by atoms with Crippen LogP contribution in [0.25, 0.3) is 0 Å². The van der Waals surface area contributed by atoms with E-state index in [-0.39, 0.29) is 0 Å². The zero-order chi connectivity index (χ0) is 7.66. The van der Waals surface area contributed by atoms with Gasteiger partial charge in [0.25, 0.3) is 0 Å². The van der Waals surface area contributed by atoms with Crippen molar-refractivity contribution < 1.29 is 4.74 Å². The third-order valence-corrected chi connectivity index (χ3v) is 1.66. The van der Waals surface area contributed by atoms with Gasteiger partial charge in [0.2, 0.25) is 0 Å². The van der Waals surface area contributed by atoms with E-state index in [2.05, 4.69) is 19.6 Å². The van der Waals surface area contributed by atoms with Crippen molar-refractivity contribution in [3.05, 3.63) is 0 Å². The van der Waals surface area contributed by atoms with Crippen LogP contribution >= 0.6 is 12.6 Å². The van der Waals surface area contributed by atoms with Gasteiger partial charge in [-0.3, -0.25) is 0 Å². The molecule has 0 radical (unpaired) electrons. The van der Waals surface area contributed by atoms with E-state index in [1.807, 2.05) is 0 Å². The topological polar surface area (TPSA) is 9.23 Å². The van der Waals surface area contributed by atoms with Crippen molar-refractivity contribution in [1.29, 1.82) is 0 Å². The highest BCUT2D eigenvalue weighted by Crippen LogP contribution is 1.93. The summed E-state index contributed by atoms with van der Waals surface area (Å²) >= 11 is 4.11. The zero-order valence-corrected chi connectivity index (χ0v) is 7.70. The second-order valence-corrected chi connectivity index (χ2v) is 2.84. The minimum atomic E-state index is 0.917. The molecule has 0 aliphatic carbocycles. The second kappa shape index (κ2) is 9.31. The highest BCUT2D eigenvalue weighted by Gasteiger charge is 1.86. The number of hydrogen-bond donors (Lipinski definition) is 1. The highest BCUT2D eigenvalue weighted by atomic mass is 32.1. The summed E-state index contributed by atoms with van der Waals surface area (Å²) in [6.45, 7) is 4.03. The van der Waals surface area contributed by atoms with Crippen LogP contribution in [-0.2, 0) is 4.74 Å². The molecule has 1 nitrogen and oxygen atoms in total. The minimum absolute atomic E-state index is 0.917. The summed E-state index contributed by atoms with van der Waals surface area (Å²) in [7, 11) is 0. The Morgan fingerprint density at radius 2 is 1.80 bits per heavy atom. The van der Waals surface area contributed by atoms with Crippen molar-refractivity contribution >= 4 is 12.6 Å². The molecule has 0 rings (SSSR count). The molecule has 0 heterocycles. The van der Waals surface area contributed by atoms with Crippen LogP contribution in [0.2, 0.25) is 0 Å². The summed E-state index contributed by atoms with van der Waals surface area (Å²) in [5.74, 6) is 0.983. The van der Waals surface area contributed by atoms with Gasteiger partial charge in [0.15, 0.2) is 0 Å². The van der Waals surface area contributed by atoms with Crippen molar-refractivity contribution in [2.45, 2.75) is 32.6 Å². The van der Waals surface area contributed by atoms with Crippen LogP contribution in [0.15, 0.2) is 0 Å². The van der Waals surface area contributed by atoms with Gasteiger partial charge in [0, 0.05) is 13.2 Å². The van der Waals surface area contributed by atoms with Gasteiger partial charge in [0.1, 0.15) is 0 Å². The van der Waals surface area contributed by atoms with Gasteiger partial charge >= 0.3 is 0 Å². The van der Waals surface area contributed by atoms with E-state index in [9.17, 15) is 0 Å². The lowest BCUT2D eigenvalue weighted by Gasteiger charge is -2.00. The third-order valence-electron chi connectivity index (χ3n) is 1.34. The summed E-state index contributed by atoms with van der Waals surface area (Å²) in [6, 6.07) is 0. The SMILES string of the molecule is CCCCOCCCCS. The van der Waals surface area contributed by atoms with Gasteiger partial charge in [-0.05, 0) is 25.0 Å². The molecule has 0 unspecified atom stereocenters. The quantitative estimate of drug-likeness (QED) is 0.447. The number of ether oxygens (including phenoxy) is 1. The lowest BCUT2D eigenvalue weighted by atomic mass is 10.3. The van der Waals surface area contributed by atoms with Crippen LogP contribution in [0.3, 0.4) is 0 Å². The molecular formula is C8H18OS. The van der Waals surface area contributed by atoms with Crippen molar-refractivity contribution in [2.75, 3.05) is 19.0 Å². The summed E-state index contributed by atoms with van der Waals surface area (Å²) in [6.07, 6.45) is 4.76.